The van der Waals surface area contributed by atoms with Gasteiger partial charge in [-0.05, 0) is 24.3 Å². The van der Waals surface area contributed by atoms with Crippen LogP contribution in [0.2, 0.25) is 0 Å². The highest BCUT2D eigenvalue weighted by Crippen LogP contribution is 2.23. The fraction of sp³-hybridized carbons (Fsp3) is 0.133. The van der Waals surface area contributed by atoms with Crippen LogP contribution in [-0.4, -0.2) is 41.2 Å². The summed E-state index contributed by atoms with van der Waals surface area (Å²) in [5.74, 6) is 6.69. The number of aromatic nitrogens is 6. The summed E-state index contributed by atoms with van der Waals surface area (Å²) >= 11 is 0. The van der Waals surface area contributed by atoms with Crippen LogP contribution >= 0.6 is 0 Å². The van der Waals surface area contributed by atoms with Gasteiger partial charge in [-0.1, -0.05) is 55.7 Å². The molecule has 0 radical (unpaired) electrons. The number of carbonyl (C=O) groups is 1. The third kappa shape index (κ3) is 6.12. The summed E-state index contributed by atoms with van der Waals surface area (Å²) < 4.78 is 4.76. The van der Waals surface area contributed by atoms with Gasteiger partial charge in [-0.3, -0.25) is 18.8 Å². The van der Waals surface area contributed by atoms with E-state index < -0.39 is 5.91 Å². The number of carbonyl (C=O) groups excluding carboxylic acids is 1. The van der Waals surface area contributed by atoms with E-state index in [-0.39, 0.29) is 16.9 Å². The molecule has 0 atom stereocenters. The van der Waals surface area contributed by atoms with Crippen molar-refractivity contribution in [3.8, 4) is 17.5 Å². The fourth-order valence-electron chi connectivity index (χ4n) is 4.13. The highest BCUT2D eigenvalue weighted by Gasteiger charge is 2.17. The maximum atomic E-state index is 13.4. The number of hydrogen-bond donors (Lipinski definition) is 2. The van der Waals surface area contributed by atoms with Crippen molar-refractivity contribution in [1.29, 1.82) is 0 Å². The number of aryl methyl sites for hydroxylation is 3. The Bertz CT molecular complexity index is 1880. The average Bonchev–Trinajstić information content (AvgIpc) is 3.51. The Balaban J connectivity index is 0.000000234. The van der Waals surface area contributed by atoms with Gasteiger partial charge < -0.3 is 11.5 Å². The Labute approximate surface area is 236 Å². The maximum absolute atomic E-state index is 13.4. The lowest BCUT2D eigenvalue weighted by Crippen LogP contribution is -2.24. The normalized spacial score (nSPS) is 10.6. The maximum Gasteiger partial charge on any atom is 0.267 e. The molecule has 0 aliphatic carbocycles. The minimum absolute atomic E-state index is 0.0798. The first-order valence-electron chi connectivity index (χ1n) is 12.6. The SMILES string of the molecule is C=C/C=N\c1c(C(N)=O)c(N)nn1C.CCc1nc2cccc(C#Cc3cnn(C)c3)c2c(=O)n1-c1ccccc1. The number of nitrogens with two attached hydrogens (primary N) is 2. The zero-order valence-corrected chi connectivity index (χ0v) is 22.9. The van der Waals surface area contributed by atoms with Crippen molar-refractivity contribution < 1.29 is 4.79 Å². The number of anilines is 1. The van der Waals surface area contributed by atoms with Gasteiger partial charge in [0.2, 0.25) is 0 Å². The van der Waals surface area contributed by atoms with Crippen LogP contribution in [-0.2, 0) is 20.5 Å². The molecule has 5 aromatic rings. The zero-order chi connectivity index (χ0) is 29.5. The first-order chi connectivity index (χ1) is 19.7. The quantitative estimate of drug-likeness (QED) is 0.255. The number of rotatable bonds is 5. The number of benzene rings is 2. The van der Waals surface area contributed by atoms with E-state index in [0.29, 0.717) is 28.7 Å². The number of aliphatic imine (C=N–C) groups is 1. The van der Waals surface area contributed by atoms with Crippen molar-refractivity contribution in [2.45, 2.75) is 13.3 Å². The molecule has 3 heterocycles. The van der Waals surface area contributed by atoms with Crippen LogP contribution in [0.4, 0.5) is 11.6 Å². The molecule has 0 unspecified atom stereocenters. The molecule has 0 bridgehead atoms. The second kappa shape index (κ2) is 12.4. The van der Waals surface area contributed by atoms with E-state index in [9.17, 15) is 9.59 Å². The fourth-order valence-corrected chi connectivity index (χ4v) is 4.13. The molecular weight excluding hydrogens is 518 g/mol. The summed E-state index contributed by atoms with van der Waals surface area (Å²) in [6, 6.07) is 15.2. The van der Waals surface area contributed by atoms with Gasteiger partial charge in [0, 0.05) is 38.5 Å². The van der Waals surface area contributed by atoms with Gasteiger partial charge in [-0.25, -0.2) is 14.7 Å². The summed E-state index contributed by atoms with van der Waals surface area (Å²) in [4.78, 5) is 33.1. The second-order valence-electron chi connectivity index (χ2n) is 8.80. The van der Waals surface area contributed by atoms with Gasteiger partial charge in [0.05, 0.1) is 28.4 Å². The Morgan fingerprint density at radius 1 is 1.12 bits per heavy atom. The molecule has 3 aromatic heterocycles. The third-order valence-corrected chi connectivity index (χ3v) is 5.94. The van der Waals surface area contributed by atoms with Crippen LogP contribution < -0.4 is 17.0 Å². The standard InChI is InChI=1S/C22H18N4O.C8H11N5O/c1-3-20-24-19-11-7-8-17(13-12-16-14-23-25(2)15-16)21(19)22(27)26(20)18-9-5-4-6-10-18;1-3-4-11-8-5(7(10)14)6(9)12-13(8)2/h4-11,14-15H,3H2,1-2H3;3-4H,1H2,2H3,(H2,9,12)(H2,10,14)/b;11-4-. The smallest absolute Gasteiger partial charge is 0.267 e. The number of nitrogen functional groups attached to an aromatic ring is 1. The molecule has 2 aromatic carbocycles. The van der Waals surface area contributed by atoms with E-state index in [4.69, 9.17) is 16.5 Å². The van der Waals surface area contributed by atoms with E-state index in [1.165, 1.54) is 17.0 Å². The molecule has 11 heteroatoms. The predicted octanol–water partition coefficient (Wildman–Crippen LogP) is 3.07. The highest BCUT2D eigenvalue weighted by atomic mass is 16.1. The zero-order valence-electron chi connectivity index (χ0n) is 22.9. The van der Waals surface area contributed by atoms with Crippen LogP contribution in [0, 0.1) is 11.8 Å². The van der Waals surface area contributed by atoms with Crippen LogP contribution in [0.1, 0.15) is 34.2 Å². The molecule has 4 N–H and O–H groups in total. The number of amides is 1. The monoisotopic (exact) mass is 547 g/mol. The van der Waals surface area contributed by atoms with Gasteiger partial charge in [0.15, 0.2) is 11.6 Å². The molecule has 11 nitrogen and oxygen atoms in total. The van der Waals surface area contributed by atoms with E-state index in [1.807, 2.05) is 68.7 Å². The molecule has 0 saturated carbocycles. The summed E-state index contributed by atoms with van der Waals surface area (Å²) in [5.41, 5.74) is 13.6. The predicted molar refractivity (Wildman–Crippen MR) is 160 cm³/mol. The van der Waals surface area contributed by atoms with Gasteiger partial charge in [-0.2, -0.15) is 10.2 Å². The largest absolute Gasteiger partial charge is 0.381 e. The molecule has 0 aliphatic rings. The number of allylic oxidation sites excluding steroid dienone is 1. The lowest BCUT2D eigenvalue weighted by molar-refractivity contribution is 0.100. The van der Waals surface area contributed by atoms with Crippen molar-refractivity contribution in [2.75, 3.05) is 5.73 Å². The van der Waals surface area contributed by atoms with Crippen LogP contribution in [0.3, 0.4) is 0 Å². The van der Waals surface area contributed by atoms with Gasteiger partial charge >= 0.3 is 0 Å². The van der Waals surface area contributed by atoms with Crippen LogP contribution in [0.15, 0.2) is 83.4 Å². The molecule has 206 valence electrons. The first kappa shape index (κ1) is 28.3. The Hall–Kier alpha value is -5.76. The number of hydrogen-bond acceptors (Lipinski definition) is 7. The summed E-state index contributed by atoms with van der Waals surface area (Å²) in [6.45, 7) is 5.46. The molecule has 0 fully saturated rings. The van der Waals surface area contributed by atoms with Crippen molar-refractivity contribution in [1.82, 2.24) is 29.1 Å². The minimum atomic E-state index is -0.646. The summed E-state index contributed by atoms with van der Waals surface area (Å²) in [6.07, 6.45) is 7.12. The van der Waals surface area contributed by atoms with E-state index in [0.717, 1.165) is 17.1 Å². The molecule has 0 spiro atoms. The Morgan fingerprint density at radius 3 is 2.51 bits per heavy atom. The van der Waals surface area contributed by atoms with Gasteiger partial charge in [0.25, 0.3) is 11.5 Å². The van der Waals surface area contributed by atoms with Crippen molar-refractivity contribution >= 4 is 34.7 Å². The van der Waals surface area contributed by atoms with Crippen molar-refractivity contribution in [3.63, 3.8) is 0 Å². The molecule has 0 saturated heterocycles. The van der Waals surface area contributed by atoms with Gasteiger partial charge in [0.1, 0.15) is 11.4 Å². The lowest BCUT2D eigenvalue weighted by Gasteiger charge is -2.13. The highest BCUT2D eigenvalue weighted by molar-refractivity contribution is 6.02. The first-order valence-corrected chi connectivity index (χ1v) is 12.6. The number of nitrogens with zero attached hydrogens (tertiary/aromatic N) is 7. The minimum Gasteiger partial charge on any atom is -0.381 e. The third-order valence-electron chi connectivity index (χ3n) is 5.94. The number of para-hydroxylation sites is 1. The molecule has 0 aliphatic heterocycles. The Kier molecular flexibility index (Phi) is 8.54. The topological polar surface area (TPSA) is 152 Å². The molecular formula is C30H29N9O2. The molecule has 5 rings (SSSR count). The molecule has 41 heavy (non-hydrogen) atoms. The van der Waals surface area contributed by atoms with Crippen molar-refractivity contribution in [3.05, 3.63) is 106 Å². The average molecular weight is 548 g/mol. The van der Waals surface area contributed by atoms with E-state index in [1.54, 1.807) is 22.5 Å². The number of primary amides is 1. The Morgan fingerprint density at radius 2 is 1.88 bits per heavy atom. The van der Waals surface area contributed by atoms with Crippen LogP contribution in [0.25, 0.3) is 16.6 Å². The molecule has 1 amide bonds. The second-order valence-corrected chi connectivity index (χ2v) is 8.80. The summed E-state index contributed by atoms with van der Waals surface area (Å²) in [5, 5.41) is 8.49. The lowest BCUT2D eigenvalue weighted by atomic mass is 10.1. The summed E-state index contributed by atoms with van der Waals surface area (Å²) in [7, 11) is 3.47. The van der Waals surface area contributed by atoms with E-state index >= 15 is 0 Å². The number of fused-ring (bicyclic) bond motifs is 1. The van der Waals surface area contributed by atoms with Crippen molar-refractivity contribution in [2.24, 2.45) is 24.8 Å². The van der Waals surface area contributed by atoms with Gasteiger partial charge in [-0.15, -0.1) is 0 Å². The van der Waals surface area contributed by atoms with Crippen LogP contribution in [0.5, 0.6) is 0 Å². The van der Waals surface area contributed by atoms with E-state index in [2.05, 4.69) is 33.6 Å².